The Morgan fingerprint density at radius 1 is 1.00 bits per heavy atom. The highest BCUT2D eigenvalue weighted by molar-refractivity contribution is 6.06. The first-order chi connectivity index (χ1) is 15.4. The molecule has 7 heteroatoms. The maximum Gasteiger partial charge on any atom is 0.259 e. The van der Waals surface area contributed by atoms with Crippen LogP contribution in [0.1, 0.15) is 16.2 Å². The Balaban J connectivity index is 1.48. The molecule has 0 saturated carbocycles. The maximum atomic E-state index is 12.8. The van der Waals surface area contributed by atoms with Crippen LogP contribution in [0.15, 0.2) is 72.8 Å². The number of ether oxygens (including phenoxy) is 1. The molecule has 0 fully saturated rings. The van der Waals surface area contributed by atoms with Gasteiger partial charge in [-0.05, 0) is 61.5 Å². The molecule has 4 rings (SSSR count). The van der Waals surface area contributed by atoms with E-state index in [9.17, 15) is 9.59 Å². The number of para-hydroxylation sites is 1. The second kappa shape index (κ2) is 8.93. The number of amides is 2. The Bertz CT molecular complexity index is 1260. The summed E-state index contributed by atoms with van der Waals surface area (Å²) in [4.78, 5) is 30.5. The van der Waals surface area contributed by atoms with Crippen LogP contribution in [0.5, 0.6) is 5.75 Å². The van der Waals surface area contributed by atoms with Crippen molar-refractivity contribution in [1.82, 2.24) is 14.5 Å². The van der Waals surface area contributed by atoms with Gasteiger partial charge in [-0.3, -0.25) is 14.2 Å². The van der Waals surface area contributed by atoms with Gasteiger partial charge in [0.05, 0.1) is 11.0 Å². The van der Waals surface area contributed by atoms with Gasteiger partial charge in [0.15, 0.2) is 6.61 Å². The molecule has 1 N–H and O–H groups in total. The number of aromatic nitrogens is 2. The Morgan fingerprint density at radius 2 is 1.72 bits per heavy atom. The van der Waals surface area contributed by atoms with E-state index in [0.29, 0.717) is 17.0 Å². The molecule has 162 valence electrons. The third-order valence-electron chi connectivity index (χ3n) is 5.07. The SMILES string of the molecule is Cc1nc2cc(C(=O)Nc3ccc(OCC(=O)N(C)C)cc3)ccc2n1-c1ccccc1. The van der Waals surface area contributed by atoms with Crippen LogP contribution in [0, 0.1) is 6.92 Å². The molecular weight excluding hydrogens is 404 g/mol. The first-order valence-corrected chi connectivity index (χ1v) is 10.2. The molecule has 0 spiro atoms. The van der Waals surface area contributed by atoms with E-state index in [1.165, 1.54) is 4.90 Å². The smallest absolute Gasteiger partial charge is 0.259 e. The lowest BCUT2D eigenvalue weighted by atomic mass is 10.1. The summed E-state index contributed by atoms with van der Waals surface area (Å²) in [5, 5.41) is 2.88. The number of nitrogens with one attached hydrogen (secondary N) is 1. The molecule has 7 nitrogen and oxygen atoms in total. The number of benzene rings is 3. The lowest BCUT2D eigenvalue weighted by molar-refractivity contribution is -0.130. The van der Waals surface area contributed by atoms with Crippen LogP contribution < -0.4 is 10.1 Å². The summed E-state index contributed by atoms with van der Waals surface area (Å²) >= 11 is 0. The van der Waals surface area contributed by atoms with Gasteiger partial charge in [0.1, 0.15) is 11.6 Å². The minimum absolute atomic E-state index is 0.0340. The molecule has 1 aromatic heterocycles. The van der Waals surface area contributed by atoms with E-state index in [1.54, 1.807) is 50.5 Å². The van der Waals surface area contributed by atoms with Gasteiger partial charge in [-0.15, -0.1) is 0 Å². The third-order valence-corrected chi connectivity index (χ3v) is 5.07. The molecular formula is C25H24N4O3. The van der Waals surface area contributed by atoms with Crippen molar-refractivity contribution in [3.63, 3.8) is 0 Å². The molecule has 0 unspecified atom stereocenters. The lowest BCUT2D eigenvalue weighted by Gasteiger charge is -2.12. The summed E-state index contributed by atoms with van der Waals surface area (Å²) in [5.74, 6) is 1.06. The van der Waals surface area contributed by atoms with Crippen LogP contribution in [0.3, 0.4) is 0 Å². The number of hydrogen-bond donors (Lipinski definition) is 1. The first-order valence-electron chi connectivity index (χ1n) is 10.2. The van der Waals surface area contributed by atoms with Gasteiger partial charge in [0.25, 0.3) is 11.8 Å². The zero-order valence-corrected chi connectivity index (χ0v) is 18.2. The van der Waals surface area contributed by atoms with Crippen LogP contribution in [0.4, 0.5) is 5.69 Å². The standard InChI is InChI=1S/C25H24N4O3/c1-17-26-22-15-18(9-14-23(22)29(17)20-7-5-4-6-8-20)25(31)27-19-10-12-21(13-11-19)32-16-24(30)28(2)3/h4-15H,16H2,1-3H3,(H,27,31). The van der Waals surface area contributed by atoms with Crippen molar-refractivity contribution in [2.75, 3.05) is 26.0 Å². The predicted molar refractivity (Wildman–Crippen MR) is 124 cm³/mol. The number of fused-ring (bicyclic) bond motifs is 1. The molecule has 1 heterocycles. The van der Waals surface area contributed by atoms with E-state index in [-0.39, 0.29) is 18.4 Å². The summed E-state index contributed by atoms with van der Waals surface area (Å²) in [6.45, 7) is 1.91. The van der Waals surface area contributed by atoms with Crippen molar-refractivity contribution in [3.05, 3.63) is 84.2 Å². The first kappa shape index (κ1) is 21.1. The number of carbonyl (C=O) groups is 2. The van der Waals surface area contributed by atoms with Crippen LogP contribution in [0.2, 0.25) is 0 Å². The minimum Gasteiger partial charge on any atom is -0.484 e. The highest BCUT2D eigenvalue weighted by Gasteiger charge is 2.13. The fraction of sp³-hybridized carbons (Fsp3) is 0.160. The summed E-state index contributed by atoms with van der Waals surface area (Å²) in [5.41, 5.74) is 3.88. The van der Waals surface area contributed by atoms with Gasteiger partial charge in [-0.1, -0.05) is 18.2 Å². The van der Waals surface area contributed by atoms with Crippen molar-refractivity contribution in [2.24, 2.45) is 0 Å². The Labute approximate surface area is 186 Å². The van der Waals surface area contributed by atoms with Gasteiger partial charge >= 0.3 is 0 Å². The number of nitrogens with zero attached hydrogens (tertiary/aromatic N) is 3. The molecule has 0 bridgehead atoms. The number of hydrogen-bond acceptors (Lipinski definition) is 4. The molecule has 3 aromatic carbocycles. The Kier molecular flexibility index (Phi) is 5.89. The van der Waals surface area contributed by atoms with Gasteiger partial charge in [-0.2, -0.15) is 0 Å². The summed E-state index contributed by atoms with van der Waals surface area (Å²) in [6.07, 6.45) is 0. The van der Waals surface area contributed by atoms with E-state index < -0.39 is 0 Å². The largest absolute Gasteiger partial charge is 0.484 e. The highest BCUT2D eigenvalue weighted by atomic mass is 16.5. The summed E-state index contributed by atoms with van der Waals surface area (Å²) in [7, 11) is 3.35. The zero-order chi connectivity index (χ0) is 22.7. The van der Waals surface area contributed by atoms with E-state index in [1.807, 2.05) is 43.3 Å². The van der Waals surface area contributed by atoms with E-state index in [2.05, 4.69) is 14.9 Å². The van der Waals surface area contributed by atoms with Crippen LogP contribution in [0.25, 0.3) is 16.7 Å². The fourth-order valence-electron chi connectivity index (χ4n) is 3.36. The Morgan fingerprint density at radius 3 is 2.41 bits per heavy atom. The monoisotopic (exact) mass is 428 g/mol. The molecule has 0 aliphatic rings. The lowest BCUT2D eigenvalue weighted by Crippen LogP contribution is -2.27. The molecule has 0 radical (unpaired) electrons. The quantitative estimate of drug-likeness (QED) is 0.503. The van der Waals surface area contributed by atoms with Crippen LogP contribution >= 0.6 is 0 Å². The molecule has 0 aliphatic carbocycles. The number of imidazole rings is 1. The number of carbonyl (C=O) groups excluding carboxylic acids is 2. The van der Waals surface area contributed by atoms with Gasteiger partial charge in [0.2, 0.25) is 0 Å². The molecule has 0 atom stereocenters. The highest BCUT2D eigenvalue weighted by Crippen LogP contribution is 2.23. The second-order valence-corrected chi connectivity index (χ2v) is 7.59. The number of rotatable bonds is 6. The molecule has 32 heavy (non-hydrogen) atoms. The van der Waals surface area contributed by atoms with Crippen LogP contribution in [-0.2, 0) is 4.79 Å². The molecule has 2 amide bonds. The average Bonchev–Trinajstić information content (AvgIpc) is 3.13. The van der Waals surface area contributed by atoms with E-state index >= 15 is 0 Å². The van der Waals surface area contributed by atoms with Crippen molar-refractivity contribution in [2.45, 2.75) is 6.92 Å². The topological polar surface area (TPSA) is 76.5 Å². The molecule has 0 saturated heterocycles. The summed E-state index contributed by atoms with van der Waals surface area (Å²) < 4.78 is 7.52. The van der Waals surface area contributed by atoms with Gasteiger partial charge in [-0.25, -0.2) is 4.98 Å². The van der Waals surface area contributed by atoms with E-state index in [0.717, 1.165) is 22.5 Å². The predicted octanol–water partition coefficient (Wildman–Crippen LogP) is 4.05. The Hall–Kier alpha value is -4.13. The normalized spacial score (nSPS) is 10.7. The fourth-order valence-corrected chi connectivity index (χ4v) is 3.36. The number of aryl methyl sites for hydroxylation is 1. The number of anilines is 1. The van der Waals surface area contributed by atoms with Crippen molar-refractivity contribution in [1.29, 1.82) is 0 Å². The minimum atomic E-state index is -0.227. The van der Waals surface area contributed by atoms with Gasteiger partial charge < -0.3 is 15.0 Å². The average molecular weight is 428 g/mol. The third kappa shape index (κ3) is 4.46. The van der Waals surface area contributed by atoms with Crippen molar-refractivity contribution >= 4 is 28.5 Å². The van der Waals surface area contributed by atoms with Crippen molar-refractivity contribution < 1.29 is 14.3 Å². The maximum absolute atomic E-state index is 12.8. The second-order valence-electron chi connectivity index (χ2n) is 7.59. The van der Waals surface area contributed by atoms with Gasteiger partial charge in [0, 0.05) is 31.0 Å². The van der Waals surface area contributed by atoms with Crippen LogP contribution in [-0.4, -0.2) is 47.0 Å². The molecule has 0 aliphatic heterocycles. The summed E-state index contributed by atoms with van der Waals surface area (Å²) in [6, 6.07) is 22.4. The zero-order valence-electron chi connectivity index (χ0n) is 18.2. The molecule has 4 aromatic rings. The van der Waals surface area contributed by atoms with Crippen molar-refractivity contribution in [3.8, 4) is 11.4 Å². The van der Waals surface area contributed by atoms with E-state index in [4.69, 9.17) is 4.74 Å². The number of likely N-dealkylation sites (N-methyl/N-ethyl adjacent to an activating group) is 1.